The van der Waals surface area contributed by atoms with Crippen molar-refractivity contribution in [2.24, 2.45) is 0 Å². The van der Waals surface area contributed by atoms with Crippen LogP contribution in [0.3, 0.4) is 0 Å². The number of carbonyl (C=O) groups excluding carboxylic acids is 2. The van der Waals surface area contributed by atoms with E-state index in [1.165, 1.54) is 20.9 Å². The Morgan fingerprint density at radius 3 is 2.69 bits per heavy atom. The SMILES string of the molecule is O=C1NC2(CCCCCC2)C(=O)N1C[NH+]1CCCC[C@H]1c1nc2ccccc2s1. The largest absolute Gasteiger partial charge is 0.329 e. The highest BCUT2D eigenvalue weighted by Crippen LogP contribution is 2.33. The number of hydrogen-bond acceptors (Lipinski definition) is 4. The van der Waals surface area contributed by atoms with Gasteiger partial charge in [-0.3, -0.25) is 4.79 Å². The predicted molar refractivity (Wildman–Crippen MR) is 113 cm³/mol. The van der Waals surface area contributed by atoms with Crippen LogP contribution >= 0.6 is 11.3 Å². The maximum atomic E-state index is 13.3. The highest BCUT2D eigenvalue weighted by Gasteiger charge is 2.52. The first-order valence-corrected chi connectivity index (χ1v) is 11.8. The summed E-state index contributed by atoms with van der Waals surface area (Å²) in [5.74, 6) is 0.00511. The number of carbonyl (C=O) groups is 2. The van der Waals surface area contributed by atoms with Crippen molar-refractivity contribution in [3.05, 3.63) is 29.3 Å². The fourth-order valence-electron chi connectivity index (χ4n) is 5.30. The molecule has 2 aliphatic heterocycles. The summed E-state index contributed by atoms with van der Waals surface area (Å²) in [4.78, 5) is 33.8. The van der Waals surface area contributed by atoms with E-state index in [0.29, 0.717) is 6.67 Å². The number of urea groups is 1. The minimum Gasteiger partial charge on any atom is -0.323 e. The van der Waals surface area contributed by atoms with Crippen LogP contribution in [0.25, 0.3) is 10.2 Å². The first kappa shape index (κ1) is 19.0. The zero-order chi connectivity index (χ0) is 19.8. The molecule has 2 N–H and O–H groups in total. The van der Waals surface area contributed by atoms with E-state index in [9.17, 15) is 9.59 Å². The van der Waals surface area contributed by atoms with E-state index in [-0.39, 0.29) is 18.0 Å². The van der Waals surface area contributed by atoms with Gasteiger partial charge in [-0.15, -0.1) is 11.3 Å². The molecule has 1 aliphatic carbocycles. The molecule has 2 atom stereocenters. The molecule has 29 heavy (non-hydrogen) atoms. The lowest BCUT2D eigenvalue weighted by Gasteiger charge is -2.33. The van der Waals surface area contributed by atoms with E-state index in [0.717, 1.165) is 68.4 Å². The van der Waals surface area contributed by atoms with Gasteiger partial charge in [0.2, 0.25) is 0 Å². The van der Waals surface area contributed by atoms with Gasteiger partial charge in [0.25, 0.3) is 5.91 Å². The van der Waals surface area contributed by atoms with Crippen LogP contribution in [-0.4, -0.2) is 40.6 Å². The molecule has 154 valence electrons. The van der Waals surface area contributed by atoms with Crippen molar-refractivity contribution >= 4 is 33.5 Å². The van der Waals surface area contributed by atoms with Crippen LogP contribution in [0.2, 0.25) is 0 Å². The van der Waals surface area contributed by atoms with Crippen molar-refractivity contribution in [1.29, 1.82) is 0 Å². The fraction of sp³-hybridized carbons (Fsp3) is 0.591. The van der Waals surface area contributed by atoms with Gasteiger partial charge in [-0.25, -0.2) is 14.7 Å². The number of nitrogens with zero attached hydrogens (tertiary/aromatic N) is 2. The molecule has 0 radical (unpaired) electrons. The zero-order valence-electron chi connectivity index (χ0n) is 16.8. The molecule has 7 heteroatoms. The number of piperidine rings is 1. The second kappa shape index (κ2) is 7.69. The van der Waals surface area contributed by atoms with Gasteiger partial charge in [-0.2, -0.15) is 0 Å². The Kier molecular flexibility index (Phi) is 5.04. The Balaban J connectivity index is 1.37. The lowest BCUT2D eigenvalue weighted by atomic mass is 9.90. The van der Waals surface area contributed by atoms with E-state index in [4.69, 9.17) is 4.98 Å². The number of amides is 3. The average Bonchev–Trinajstić information content (AvgIpc) is 3.15. The van der Waals surface area contributed by atoms with Gasteiger partial charge in [0.05, 0.1) is 16.8 Å². The number of nitrogens with one attached hydrogen (secondary N) is 2. The standard InChI is InChI=1S/C22H28N4O2S/c27-20-22(12-6-1-2-7-13-22)24-21(28)26(20)15-25-14-8-5-10-17(25)19-23-16-9-3-4-11-18(16)29-19/h3-4,9,11,17H,1-2,5-8,10,12-15H2,(H,24,28)/p+1/t17-/m0/s1. The van der Waals surface area contributed by atoms with Crippen LogP contribution in [0.15, 0.2) is 24.3 Å². The average molecular weight is 414 g/mol. The first-order chi connectivity index (χ1) is 14.2. The molecule has 3 heterocycles. The van der Waals surface area contributed by atoms with E-state index in [1.807, 2.05) is 6.07 Å². The number of quaternary nitrogens is 1. The van der Waals surface area contributed by atoms with Crippen molar-refractivity contribution in [3.63, 3.8) is 0 Å². The minimum absolute atomic E-state index is 0.00511. The summed E-state index contributed by atoms with van der Waals surface area (Å²) in [6.07, 6.45) is 9.28. The number of rotatable bonds is 3. The quantitative estimate of drug-likeness (QED) is 0.760. The molecular formula is C22H29N4O2S+. The second-order valence-corrected chi connectivity index (χ2v) is 9.86. The molecule has 6 nitrogen and oxygen atoms in total. The van der Waals surface area contributed by atoms with Gasteiger partial charge in [-0.05, 0) is 37.8 Å². The summed E-state index contributed by atoms with van der Waals surface area (Å²) in [7, 11) is 0. The van der Waals surface area contributed by atoms with Crippen LogP contribution in [0.1, 0.15) is 68.8 Å². The second-order valence-electron chi connectivity index (χ2n) is 8.79. The molecular weight excluding hydrogens is 384 g/mol. The number of benzene rings is 1. The normalized spacial score (nSPS) is 27.4. The predicted octanol–water partition coefficient (Wildman–Crippen LogP) is 3.01. The number of likely N-dealkylation sites (tertiary alicyclic amines) is 1. The number of aromatic nitrogens is 1. The van der Waals surface area contributed by atoms with Crippen LogP contribution in [0, 0.1) is 0 Å². The molecule has 0 bridgehead atoms. The van der Waals surface area contributed by atoms with Gasteiger partial charge < -0.3 is 10.2 Å². The topological polar surface area (TPSA) is 66.7 Å². The molecule has 2 aromatic rings. The molecule has 3 amide bonds. The van der Waals surface area contributed by atoms with E-state index in [2.05, 4.69) is 23.5 Å². The van der Waals surface area contributed by atoms with Gasteiger partial charge in [0.15, 0.2) is 11.7 Å². The molecule has 3 fully saturated rings. The summed E-state index contributed by atoms with van der Waals surface area (Å²) in [5, 5.41) is 4.22. The van der Waals surface area contributed by atoms with Crippen LogP contribution in [0.4, 0.5) is 4.79 Å². The number of fused-ring (bicyclic) bond motifs is 1. The van der Waals surface area contributed by atoms with Crippen LogP contribution in [0.5, 0.6) is 0 Å². The van der Waals surface area contributed by atoms with Crippen LogP contribution in [-0.2, 0) is 4.79 Å². The molecule has 1 saturated carbocycles. The smallest absolute Gasteiger partial charge is 0.323 e. The van der Waals surface area contributed by atoms with Crippen molar-refractivity contribution < 1.29 is 14.5 Å². The third-order valence-electron chi connectivity index (χ3n) is 6.91. The monoisotopic (exact) mass is 413 g/mol. The van der Waals surface area contributed by atoms with E-state index in [1.54, 1.807) is 11.3 Å². The number of hydrogen-bond donors (Lipinski definition) is 2. The maximum Gasteiger partial charge on any atom is 0.329 e. The number of para-hydroxylation sites is 1. The van der Waals surface area contributed by atoms with Gasteiger partial charge in [0, 0.05) is 6.42 Å². The molecule has 1 unspecified atom stereocenters. The van der Waals surface area contributed by atoms with E-state index >= 15 is 0 Å². The van der Waals surface area contributed by atoms with Crippen molar-refractivity contribution in [3.8, 4) is 0 Å². The molecule has 1 spiro atoms. The van der Waals surface area contributed by atoms with Gasteiger partial charge in [-0.1, -0.05) is 37.8 Å². The van der Waals surface area contributed by atoms with Gasteiger partial charge in [0.1, 0.15) is 11.6 Å². The van der Waals surface area contributed by atoms with Crippen LogP contribution < -0.4 is 10.2 Å². The Morgan fingerprint density at radius 1 is 1.10 bits per heavy atom. The molecule has 1 aromatic carbocycles. The van der Waals surface area contributed by atoms with E-state index < -0.39 is 5.54 Å². The van der Waals surface area contributed by atoms with Crippen molar-refractivity contribution in [2.45, 2.75) is 69.4 Å². The summed E-state index contributed by atoms with van der Waals surface area (Å²) < 4.78 is 1.21. The minimum atomic E-state index is -0.645. The summed E-state index contributed by atoms with van der Waals surface area (Å²) >= 11 is 1.76. The summed E-state index contributed by atoms with van der Waals surface area (Å²) in [6, 6.07) is 8.31. The summed E-state index contributed by atoms with van der Waals surface area (Å²) in [6.45, 7) is 1.43. The first-order valence-electron chi connectivity index (χ1n) is 11.0. The van der Waals surface area contributed by atoms with Crippen molar-refractivity contribution in [2.75, 3.05) is 13.2 Å². The molecule has 3 aliphatic rings. The highest BCUT2D eigenvalue weighted by atomic mass is 32.1. The Bertz CT molecular complexity index is 885. The van der Waals surface area contributed by atoms with Crippen molar-refractivity contribution in [1.82, 2.24) is 15.2 Å². The third-order valence-corrected chi connectivity index (χ3v) is 8.06. The lowest BCUT2D eigenvalue weighted by Crippen LogP contribution is -3.14. The molecule has 1 aromatic heterocycles. The Morgan fingerprint density at radius 2 is 1.90 bits per heavy atom. The Hall–Kier alpha value is -1.99. The highest BCUT2D eigenvalue weighted by molar-refractivity contribution is 7.18. The Labute approximate surface area is 175 Å². The number of thiazole rings is 1. The fourth-order valence-corrected chi connectivity index (χ4v) is 6.46. The number of imide groups is 1. The maximum absolute atomic E-state index is 13.3. The molecule has 2 saturated heterocycles. The lowest BCUT2D eigenvalue weighted by molar-refractivity contribution is -0.943. The van der Waals surface area contributed by atoms with Gasteiger partial charge >= 0.3 is 6.03 Å². The summed E-state index contributed by atoms with van der Waals surface area (Å²) in [5.41, 5.74) is 0.401. The zero-order valence-corrected chi connectivity index (χ0v) is 17.6. The molecule has 5 rings (SSSR count). The third kappa shape index (κ3) is 3.44.